The van der Waals surface area contributed by atoms with Crippen LogP contribution in [0.15, 0.2) is 35.7 Å². The second-order valence-electron chi connectivity index (χ2n) is 4.37. The van der Waals surface area contributed by atoms with Gasteiger partial charge in [0.1, 0.15) is 5.75 Å². The quantitative estimate of drug-likeness (QED) is 0.881. The van der Waals surface area contributed by atoms with Crippen molar-refractivity contribution in [3.8, 4) is 5.75 Å². The van der Waals surface area contributed by atoms with Crippen molar-refractivity contribution in [2.75, 3.05) is 7.11 Å². The molecule has 0 spiro atoms. The zero-order valence-electron chi connectivity index (χ0n) is 11.1. The third-order valence-corrected chi connectivity index (χ3v) is 4.17. The predicted octanol–water partition coefficient (Wildman–Crippen LogP) is 3.92. The highest BCUT2D eigenvalue weighted by Gasteiger charge is 2.10. The standard InChI is InChI=1S/C15H19NOS/c1-11-8-9-18-15(11)10-16-12(2)13-6-4-5-7-14(13)17-3/h4-9,12,16H,10H2,1-3H3/t12-/m1/s1. The molecule has 96 valence electrons. The lowest BCUT2D eigenvalue weighted by atomic mass is 10.1. The molecule has 1 atom stereocenters. The highest BCUT2D eigenvalue weighted by Crippen LogP contribution is 2.25. The van der Waals surface area contributed by atoms with Crippen molar-refractivity contribution < 1.29 is 4.74 Å². The first-order chi connectivity index (χ1) is 8.72. The van der Waals surface area contributed by atoms with Gasteiger partial charge < -0.3 is 10.1 Å². The maximum absolute atomic E-state index is 5.39. The molecule has 0 saturated carbocycles. The van der Waals surface area contributed by atoms with Gasteiger partial charge in [0.15, 0.2) is 0 Å². The van der Waals surface area contributed by atoms with E-state index in [-0.39, 0.29) is 6.04 Å². The number of hydrogen-bond donors (Lipinski definition) is 1. The summed E-state index contributed by atoms with van der Waals surface area (Å²) in [5, 5.41) is 5.69. The van der Waals surface area contributed by atoms with Crippen LogP contribution in [0.2, 0.25) is 0 Å². The number of para-hydroxylation sites is 1. The number of hydrogen-bond acceptors (Lipinski definition) is 3. The first kappa shape index (κ1) is 13.1. The Hall–Kier alpha value is -1.32. The number of ether oxygens (including phenoxy) is 1. The van der Waals surface area contributed by atoms with Gasteiger partial charge >= 0.3 is 0 Å². The molecule has 0 radical (unpaired) electrons. The van der Waals surface area contributed by atoms with E-state index < -0.39 is 0 Å². The van der Waals surface area contributed by atoms with Crippen molar-refractivity contribution in [1.29, 1.82) is 0 Å². The molecule has 2 aromatic rings. The average molecular weight is 261 g/mol. The van der Waals surface area contributed by atoms with Gasteiger partial charge in [0.2, 0.25) is 0 Å². The molecule has 18 heavy (non-hydrogen) atoms. The zero-order chi connectivity index (χ0) is 13.0. The van der Waals surface area contributed by atoms with E-state index in [0.717, 1.165) is 12.3 Å². The van der Waals surface area contributed by atoms with Crippen molar-refractivity contribution in [2.24, 2.45) is 0 Å². The third kappa shape index (κ3) is 2.92. The summed E-state index contributed by atoms with van der Waals surface area (Å²) < 4.78 is 5.39. The van der Waals surface area contributed by atoms with Gasteiger partial charge in [0, 0.05) is 23.0 Å². The van der Waals surface area contributed by atoms with Crippen LogP contribution in [0.4, 0.5) is 0 Å². The monoisotopic (exact) mass is 261 g/mol. The molecule has 0 bridgehead atoms. The van der Waals surface area contributed by atoms with Crippen LogP contribution in [0.1, 0.15) is 29.0 Å². The Labute approximate surface area is 113 Å². The van der Waals surface area contributed by atoms with Gasteiger partial charge in [-0.15, -0.1) is 11.3 Å². The second kappa shape index (κ2) is 6.03. The van der Waals surface area contributed by atoms with E-state index in [9.17, 15) is 0 Å². The lowest BCUT2D eigenvalue weighted by molar-refractivity contribution is 0.401. The van der Waals surface area contributed by atoms with E-state index >= 15 is 0 Å². The third-order valence-electron chi connectivity index (χ3n) is 3.14. The smallest absolute Gasteiger partial charge is 0.123 e. The maximum atomic E-state index is 5.39. The summed E-state index contributed by atoms with van der Waals surface area (Å²) in [6.07, 6.45) is 0. The van der Waals surface area contributed by atoms with Crippen LogP contribution < -0.4 is 10.1 Å². The molecule has 0 saturated heterocycles. The minimum absolute atomic E-state index is 0.280. The Balaban J connectivity index is 2.03. The van der Waals surface area contributed by atoms with Crippen LogP contribution >= 0.6 is 11.3 Å². The van der Waals surface area contributed by atoms with Crippen LogP contribution in [0, 0.1) is 6.92 Å². The molecule has 1 N–H and O–H groups in total. The van der Waals surface area contributed by atoms with E-state index in [0.29, 0.717) is 0 Å². The zero-order valence-corrected chi connectivity index (χ0v) is 11.9. The van der Waals surface area contributed by atoms with Crippen LogP contribution in [-0.2, 0) is 6.54 Å². The minimum Gasteiger partial charge on any atom is -0.496 e. The van der Waals surface area contributed by atoms with Crippen LogP contribution in [0.25, 0.3) is 0 Å². The molecule has 0 amide bonds. The Morgan fingerprint density at radius 1 is 1.28 bits per heavy atom. The Bertz CT molecular complexity index is 507. The number of aryl methyl sites for hydroxylation is 1. The number of thiophene rings is 1. The minimum atomic E-state index is 0.280. The normalized spacial score (nSPS) is 12.4. The van der Waals surface area contributed by atoms with Crippen molar-refractivity contribution in [1.82, 2.24) is 5.32 Å². The topological polar surface area (TPSA) is 21.3 Å². The first-order valence-electron chi connectivity index (χ1n) is 6.11. The summed E-state index contributed by atoms with van der Waals surface area (Å²) >= 11 is 1.80. The molecule has 0 aliphatic heterocycles. The number of nitrogens with one attached hydrogen (secondary N) is 1. The molecule has 1 aromatic heterocycles. The van der Waals surface area contributed by atoms with E-state index in [4.69, 9.17) is 4.74 Å². The molecule has 0 unspecified atom stereocenters. The lowest BCUT2D eigenvalue weighted by Gasteiger charge is -2.17. The summed E-state index contributed by atoms with van der Waals surface area (Å²) in [5.41, 5.74) is 2.56. The molecule has 1 aromatic carbocycles. The Morgan fingerprint density at radius 2 is 2.06 bits per heavy atom. The van der Waals surface area contributed by atoms with Crippen molar-refractivity contribution >= 4 is 11.3 Å². The predicted molar refractivity (Wildman–Crippen MR) is 77.3 cm³/mol. The highest BCUT2D eigenvalue weighted by molar-refractivity contribution is 7.10. The lowest BCUT2D eigenvalue weighted by Crippen LogP contribution is -2.18. The van der Waals surface area contributed by atoms with Gasteiger partial charge in [-0.25, -0.2) is 0 Å². The molecule has 0 aliphatic rings. The summed E-state index contributed by atoms with van der Waals surface area (Å²) in [6, 6.07) is 10.6. The van der Waals surface area contributed by atoms with Crippen molar-refractivity contribution in [2.45, 2.75) is 26.4 Å². The maximum Gasteiger partial charge on any atom is 0.123 e. The molecular weight excluding hydrogens is 242 g/mol. The first-order valence-corrected chi connectivity index (χ1v) is 6.99. The molecule has 1 heterocycles. The number of rotatable bonds is 5. The molecule has 2 rings (SSSR count). The highest BCUT2D eigenvalue weighted by atomic mass is 32.1. The van der Waals surface area contributed by atoms with Crippen LogP contribution in [-0.4, -0.2) is 7.11 Å². The van der Waals surface area contributed by atoms with Gasteiger partial charge in [0.25, 0.3) is 0 Å². The summed E-state index contributed by atoms with van der Waals surface area (Å²) in [6.45, 7) is 5.23. The fourth-order valence-electron chi connectivity index (χ4n) is 1.97. The fourth-order valence-corrected chi connectivity index (χ4v) is 2.82. The van der Waals surface area contributed by atoms with Gasteiger partial charge in [-0.1, -0.05) is 18.2 Å². The van der Waals surface area contributed by atoms with Gasteiger partial charge in [-0.3, -0.25) is 0 Å². The molecule has 0 fully saturated rings. The van der Waals surface area contributed by atoms with Crippen molar-refractivity contribution in [3.63, 3.8) is 0 Å². The molecule has 2 nitrogen and oxygen atoms in total. The van der Waals surface area contributed by atoms with Gasteiger partial charge in [0.05, 0.1) is 7.11 Å². The van der Waals surface area contributed by atoms with Crippen LogP contribution in [0.3, 0.4) is 0 Å². The average Bonchev–Trinajstić information content (AvgIpc) is 2.81. The van der Waals surface area contributed by atoms with E-state index in [1.807, 2.05) is 18.2 Å². The summed E-state index contributed by atoms with van der Waals surface area (Å²) in [7, 11) is 1.72. The van der Waals surface area contributed by atoms with Crippen LogP contribution in [0.5, 0.6) is 5.75 Å². The van der Waals surface area contributed by atoms with E-state index in [1.165, 1.54) is 16.0 Å². The largest absolute Gasteiger partial charge is 0.496 e. The number of benzene rings is 1. The Kier molecular flexibility index (Phi) is 4.39. The van der Waals surface area contributed by atoms with Crippen molar-refractivity contribution in [3.05, 3.63) is 51.7 Å². The Morgan fingerprint density at radius 3 is 2.72 bits per heavy atom. The van der Waals surface area contributed by atoms with E-state index in [1.54, 1.807) is 18.4 Å². The molecule has 0 aliphatic carbocycles. The number of methoxy groups -OCH3 is 1. The van der Waals surface area contributed by atoms with Gasteiger partial charge in [-0.2, -0.15) is 0 Å². The SMILES string of the molecule is COc1ccccc1[C@@H](C)NCc1sccc1C. The summed E-state index contributed by atoms with van der Waals surface area (Å²) in [4.78, 5) is 1.40. The fraction of sp³-hybridized carbons (Fsp3) is 0.333. The summed E-state index contributed by atoms with van der Waals surface area (Å²) in [5.74, 6) is 0.945. The second-order valence-corrected chi connectivity index (χ2v) is 5.37. The van der Waals surface area contributed by atoms with Gasteiger partial charge in [-0.05, 0) is 36.9 Å². The van der Waals surface area contributed by atoms with E-state index in [2.05, 4.69) is 36.7 Å². The molecular formula is C15H19NOS. The molecule has 3 heteroatoms.